The number of nitrogens with zero attached hydrogens (tertiary/aromatic N) is 2. The maximum atomic E-state index is 11.4. The zero-order chi connectivity index (χ0) is 16.5. The first-order valence-corrected chi connectivity index (χ1v) is 8.17. The van der Waals surface area contributed by atoms with Crippen molar-refractivity contribution < 1.29 is 14.4 Å². The van der Waals surface area contributed by atoms with E-state index in [0.29, 0.717) is 17.4 Å². The summed E-state index contributed by atoms with van der Waals surface area (Å²) in [5.74, 6) is 0. The summed E-state index contributed by atoms with van der Waals surface area (Å²) in [6.45, 7) is 4.45. The van der Waals surface area contributed by atoms with Crippen LogP contribution in [0.4, 0.5) is 9.93 Å². The Morgan fingerprint density at radius 1 is 1.35 bits per heavy atom. The molecule has 0 aliphatic rings. The number of carbonyl (C=O) groups excluding carboxylic acids is 1. The fourth-order valence-corrected chi connectivity index (χ4v) is 2.36. The lowest BCUT2D eigenvalue weighted by Gasteiger charge is -2.02. The Kier molecular flexibility index (Phi) is 6.56. The largest absolute Gasteiger partial charge is 0.449 e. The predicted octanol–water partition coefficient (Wildman–Crippen LogP) is 4.04. The predicted molar refractivity (Wildman–Crippen MR) is 90.8 cm³/mol. The Morgan fingerprint density at radius 2 is 2.13 bits per heavy atom. The summed E-state index contributed by atoms with van der Waals surface area (Å²) in [6, 6.07) is 9.78. The van der Waals surface area contributed by atoms with Crippen LogP contribution in [0.5, 0.6) is 0 Å². The van der Waals surface area contributed by atoms with Crippen LogP contribution in [0.2, 0.25) is 0 Å². The number of rotatable bonds is 7. The Hall–Kier alpha value is -2.41. The van der Waals surface area contributed by atoms with Crippen molar-refractivity contribution >= 4 is 28.3 Å². The van der Waals surface area contributed by atoms with E-state index in [2.05, 4.69) is 15.5 Å². The van der Waals surface area contributed by atoms with Crippen molar-refractivity contribution in [1.82, 2.24) is 4.98 Å². The number of carbonyl (C=O) groups is 1. The van der Waals surface area contributed by atoms with Crippen molar-refractivity contribution in [3.63, 3.8) is 0 Å². The molecular weight excluding hydrogens is 314 g/mol. The standard InChI is InChI=1S/C16H19N3O3S/c1-3-9-21-16(20)18-15-17-14(11-23-15)10-22-19-12(2)13-7-5-4-6-8-13/h4-8,11H,3,9-10H2,1-2H3,(H,17,18,20)/b19-12+. The third-order valence-corrected chi connectivity index (χ3v) is 3.61. The lowest BCUT2D eigenvalue weighted by atomic mass is 10.1. The summed E-state index contributed by atoms with van der Waals surface area (Å²) in [6.07, 6.45) is 0.287. The Morgan fingerprint density at radius 3 is 2.87 bits per heavy atom. The van der Waals surface area contributed by atoms with E-state index in [1.165, 1.54) is 11.3 Å². The number of oxime groups is 1. The monoisotopic (exact) mass is 333 g/mol. The molecule has 23 heavy (non-hydrogen) atoms. The SMILES string of the molecule is CCCOC(=O)Nc1nc(CO/N=C(\C)c2ccccc2)cs1. The Balaban J connectivity index is 1.82. The van der Waals surface area contributed by atoms with E-state index < -0.39 is 6.09 Å². The molecule has 6 nitrogen and oxygen atoms in total. The van der Waals surface area contributed by atoms with Crippen LogP contribution in [-0.2, 0) is 16.2 Å². The van der Waals surface area contributed by atoms with Gasteiger partial charge in [-0.1, -0.05) is 42.4 Å². The number of amides is 1. The highest BCUT2D eigenvalue weighted by atomic mass is 32.1. The van der Waals surface area contributed by atoms with Crippen LogP contribution in [0.3, 0.4) is 0 Å². The van der Waals surface area contributed by atoms with Gasteiger partial charge in [-0.2, -0.15) is 0 Å². The number of hydrogen-bond donors (Lipinski definition) is 1. The molecule has 2 aromatic rings. The maximum Gasteiger partial charge on any atom is 0.413 e. The number of aromatic nitrogens is 1. The second-order valence-electron chi connectivity index (χ2n) is 4.72. The molecule has 0 saturated heterocycles. The summed E-state index contributed by atoms with van der Waals surface area (Å²) >= 11 is 1.32. The second kappa shape index (κ2) is 8.89. The first kappa shape index (κ1) is 17.0. The molecule has 122 valence electrons. The number of ether oxygens (including phenoxy) is 1. The molecule has 1 aromatic heterocycles. The van der Waals surface area contributed by atoms with Crippen molar-refractivity contribution in [1.29, 1.82) is 0 Å². The number of hydrogen-bond acceptors (Lipinski definition) is 6. The average molecular weight is 333 g/mol. The smallest absolute Gasteiger partial charge is 0.413 e. The Bertz CT molecular complexity index is 656. The van der Waals surface area contributed by atoms with Crippen LogP contribution in [0.15, 0.2) is 40.9 Å². The van der Waals surface area contributed by atoms with E-state index in [1.807, 2.05) is 49.6 Å². The molecular formula is C16H19N3O3S. The normalized spacial score (nSPS) is 11.1. The first-order chi connectivity index (χ1) is 11.2. The Labute approximate surface area is 139 Å². The van der Waals surface area contributed by atoms with Crippen LogP contribution < -0.4 is 5.32 Å². The number of nitrogens with one attached hydrogen (secondary N) is 1. The van der Waals surface area contributed by atoms with E-state index in [9.17, 15) is 4.79 Å². The summed E-state index contributed by atoms with van der Waals surface area (Å²) < 4.78 is 4.93. The third-order valence-electron chi connectivity index (χ3n) is 2.80. The van der Waals surface area contributed by atoms with Gasteiger partial charge < -0.3 is 9.57 Å². The third kappa shape index (κ3) is 5.71. The molecule has 2 rings (SSSR count). The minimum atomic E-state index is -0.494. The topological polar surface area (TPSA) is 72.8 Å². The molecule has 0 radical (unpaired) electrons. The van der Waals surface area contributed by atoms with Gasteiger partial charge in [0.05, 0.1) is 18.0 Å². The molecule has 0 atom stereocenters. The van der Waals surface area contributed by atoms with Crippen molar-refractivity contribution in [2.45, 2.75) is 26.9 Å². The highest BCUT2D eigenvalue weighted by molar-refractivity contribution is 7.13. The molecule has 1 amide bonds. The molecule has 0 unspecified atom stereocenters. The van der Waals surface area contributed by atoms with Crippen molar-refractivity contribution in [3.05, 3.63) is 47.0 Å². The van der Waals surface area contributed by atoms with Gasteiger partial charge in [0.2, 0.25) is 0 Å². The maximum absolute atomic E-state index is 11.4. The number of thiazole rings is 1. The minimum absolute atomic E-state index is 0.242. The van der Waals surface area contributed by atoms with Crippen molar-refractivity contribution in [2.24, 2.45) is 5.16 Å². The molecule has 0 aliphatic carbocycles. The van der Waals surface area contributed by atoms with E-state index in [4.69, 9.17) is 9.57 Å². The molecule has 1 heterocycles. The van der Waals surface area contributed by atoms with E-state index in [1.54, 1.807) is 0 Å². The van der Waals surface area contributed by atoms with Crippen molar-refractivity contribution in [3.8, 4) is 0 Å². The minimum Gasteiger partial charge on any atom is -0.449 e. The summed E-state index contributed by atoms with van der Waals surface area (Å²) in [4.78, 5) is 21.0. The lowest BCUT2D eigenvalue weighted by Crippen LogP contribution is -2.13. The molecule has 7 heteroatoms. The summed E-state index contributed by atoms with van der Waals surface area (Å²) in [5, 5.41) is 8.94. The van der Waals surface area contributed by atoms with Gasteiger partial charge in [0, 0.05) is 5.38 Å². The molecule has 0 bridgehead atoms. The van der Waals surface area contributed by atoms with Crippen molar-refractivity contribution in [2.75, 3.05) is 11.9 Å². The molecule has 0 saturated carbocycles. The van der Waals surface area contributed by atoms with Gasteiger partial charge in [0.1, 0.15) is 0 Å². The quantitative estimate of drug-likeness (QED) is 0.613. The van der Waals surface area contributed by atoms with E-state index in [-0.39, 0.29) is 6.61 Å². The van der Waals surface area contributed by atoms with Crippen LogP contribution in [0, 0.1) is 0 Å². The highest BCUT2D eigenvalue weighted by Crippen LogP contribution is 2.16. The van der Waals surface area contributed by atoms with Gasteiger partial charge in [-0.25, -0.2) is 9.78 Å². The van der Waals surface area contributed by atoms with Crippen LogP contribution in [-0.4, -0.2) is 23.4 Å². The molecule has 0 aliphatic heterocycles. The van der Waals surface area contributed by atoms with Gasteiger partial charge in [0.15, 0.2) is 11.7 Å². The van der Waals surface area contributed by atoms with Crippen LogP contribution >= 0.6 is 11.3 Å². The first-order valence-electron chi connectivity index (χ1n) is 7.29. The summed E-state index contributed by atoms with van der Waals surface area (Å²) in [5.41, 5.74) is 2.50. The van der Waals surface area contributed by atoms with Gasteiger partial charge in [-0.05, 0) is 18.9 Å². The zero-order valence-corrected chi connectivity index (χ0v) is 13.9. The van der Waals surface area contributed by atoms with E-state index >= 15 is 0 Å². The average Bonchev–Trinajstić information content (AvgIpc) is 3.01. The van der Waals surface area contributed by atoms with Gasteiger partial charge in [0.25, 0.3) is 0 Å². The fourth-order valence-electron chi connectivity index (χ4n) is 1.68. The number of benzene rings is 1. The van der Waals surface area contributed by atoms with Gasteiger partial charge in [-0.3, -0.25) is 5.32 Å². The second-order valence-corrected chi connectivity index (χ2v) is 5.58. The molecule has 1 aromatic carbocycles. The summed E-state index contributed by atoms with van der Waals surface area (Å²) in [7, 11) is 0. The number of anilines is 1. The fraction of sp³-hybridized carbons (Fsp3) is 0.312. The molecule has 0 fully saturated rings. The van der Waals surface area contributed by atoms with Gasteiger partial charge in [-0.15, -0.1) is 11.3 Å². The highest BCUT2D eigenvalue weighted by Gasteiger charge is 2.07. The van der Waals surface area contributed by atoms with Crippen LogP contribution in [0.1, 0.15) is 31.5 Å². The molecule has 1 N–H and O–H groups in total. The lowest BCUT2D eigenvalue weighted by molar-refractivity contribution is 0.128. The van der Waals surface area contributed by atoms with E-state index in [0.717, 1.165) is 17.7 Å². The zero-order valence-electron chi connectivity index (χ0n) is 13.1. The van der Waals surface area contributed by atoms with Gasteiger partial charge >= 0.3 is 6.09 Å². The van der Waals surface area contributed by atoms with Crippen LogP contribution in [0.25, 0.3) is 0 Å². The molecule has 0 spiro atoms.